The van der Waals surface area contributed by atoms with Crippen molar-refractivity contribution in [2.75, 3.05) is 4.90 Å². The molecule has 4 saturated carbocycles. The van der Waals surface area contributed by atoms with Crippen LogP contribution in [-0.2, 0) is 5.41 Å². The molecule has 0 N–H and O–H groups in total. The van der Waals surface area contributed by atoms with Gasteiger partial charge in [-0.15, -0.1) is 0 Å². The molecule has 1 spiro atoms. The molecule has 0 saturated heterocycles. The maximum atomic E-state index is 6.52. The molecule has 8 aromatic carbocycles. The highest BCUT2D eigenvalue weighted by Gasteiger charge is 2.61. The van der Waals surface area contributed by atoms with Gasteiger partial charge in [0.2, 0.25) is 0 Å². The number of nitrogens with zero attached hydrogens (tertiary/aromatic N) is 1. The Morgan fingerprint density at radius 2 is 1.09 bits per heavy atom. The first-order chi connectivity index (χ1) is 28.7. The molecule has 1 aromatic heterocycles. The zero-order valence-corrected chi connectivity index (χ0v) is 32.4. The third kappa shape index (κ3) is 4.66. The molecule has 14 rings (SSSR count). The van der Waals surface area contributed by atoms with Crippen LogP contribution in [-0.4, -0.2) is 0 Å². The third-order valence-corrected chi connectivity index (χ3v) is 14.8. The average molecular weight is 746 g/mol. The van der Waals surface area contributed by atoms with Crippen molar-refractivity contribution in [1.82, 2.24) is 0 Å². The fraction of sp³-hybridized carbons (Fsp3) is 0.179. The number of hydrogen-bond acceptors (Lipinski definition) is 2. The molecule has 9 aromatic rings. The number of fused-ring (bicyclic) bond motifs is 7. The van der Waals surface area contributed by atoms with Gasteiger partial charge in [-0.2, -0.15) is 0 Å². The Balaban J connectivity index is 1.01. The van der Waals surface area contributed by atoms with Gasteiger partial charge in [-0.25, -0.2) is 0 Å². The summed E-state index contributed by atoms with van der Waals surface area (Å²) in [6.45, 7) is 0. The summed E-state index contributed by atoms with van der Waals surface area (Å²) >= 11 is 0. The van der Waals surface area contributed by atoms with Gasteiger partial charge < -0.3 is 9.32 Å². The lowest BCUT2D eigenvalue weighted by atomic mass is 9.43. The molecule has 2 heteroatoms. The Bertz CT molecular complexity index is 3050. The molecule has 278 valence electrons. The predicted molar refractivity (Wildman–Crippen MR) is 240 cm³/mol. The molecule has 0 unspecified atom stereocenters. The molecule has 0 amide bonds. The minimum Gasteiger partial charge on any atom is -0.456 e. The molecular weight excluding hydrogens is 703 g/mol. The van der Waals surface area contributed by atoms with Crippen molar-refractivity contribution in [1.29, 1.82) is 0 Å². The SMILES string of the molecule is c1ccc(-c2cccc3c2-c2cc(N(c4ccc(-c5ccc6ccccc6c5)cc4)c4ccc5c(c4)oc4ccccc45)ccc2C32C3CC4CC(C3)CC2C4)cc1. The number of benzene rings is 8. The van der Waals surface area contributed by atoms with Gasteiger partial charge >= 0.3 is 0 Å². The fourth-order valence-corrected chi connectivity index (χ4v) is 12.7. The van der Waals surface area contributed by atoms with Crippen molar-refractivity contribution >= 4 is 49.8 Å². The lowest BCUT2D eigenvalue weighted by Crippen LogP contribution is -2.55. The summed E-state index contributed by atoms with van der Waals surface area (Å²) in [5, 5.41) is 4.82. The van der Waals surface area contributed by atoms with E-state index in [4.69, 9.17) is 4.42 Å². The van der Waals surface area contributed by atoms with Crippen LogP contribution in [0, 0.1) is 23.7 Å². The van der Waals surface area contributed by atoms with E-state index in [9.17, 15) is 0 Å². The molecule has 58 heavy (non-hydrogen) atoms. The molecule has 0 atom stereocenters. The summed E-state index contributed by atoms with van der Waals surface area (Å²) < 4.78 is 6.52. The topological polar surface area (TPSA) is 16.4 Å². The quantitative estimate of drug-likeness (QED) is 0.174. The van der Waals surface area contributed by atoms with Gasteiger partial charge in [-0.1, -0.05) is 121 Å². The third-order valence-electron chi connectivity index (χ3n) is 14.8. The standard InChI is InChI=1S/C56H43NO/c1-2-10-39(11-3-1)47-14-8-15-52-55(47)50-33-45(24-26-51(50)56(52)42-28-35-27-36(30-42)31-43(56)29-35)57(46-23-25-49-48-13-6-7-16-53(48)58-54(49)34-46)44-21-19-38(20-22-44)41-18-17-37-9-4-5-12-40(37)32-41/h1-26,32-36,42-43H,27-31H2. The van der Waals surface area contributed by atoms with Crippen LogP contribution < -0.4 is 4.90 Å². The van der Waals surface area contributed by atoms with Gasteiger partial charge in [0, 0.05) is 39.3 Å². The predicted octanol–water partition coefficient (Wildman–Crippen LogP) is 15.3. The van der Waals surface area contributed by atoms with Crippen molar-refractivity contribution in [3.8, 4) is 33.4 Å². The van der Waals surface area contributed by atoms with Crippen LogP contribution >= 0.6 is 0 Å². The minimum absolute atomic E-state index is 0.0843. The van der Waals surface area contributed by atoms with E-state index in [0.29, 0.717) is 11.8 Å². The first-order valence-corrected chi connectivity index (χ1v) is 21.3. The molecular formula is C56H43NO. The summed E-state index contributed by atoms with van der Waals surface area (Å²) in [7, 11) is 0. The van der Waals surface area contributed by atoms with Gasteiger partial charge in [0.1, 0.15) is 11.2 Å². The second-order valence-corrected chi connectivity index (χ2v) is 17.7. The molecule has 2 nitrogen and oxygen atoms in total. The summed E-state index contributed by atoms with van der Waals surface area (Å²) in [5.74, 6) is 3.21. The highest BCUT2D eigenvalue weighted by molar-refractivity contribution is 6.06. The van der Waals surface area contributed by atoms with Crippen LogP contribution in [0.2, 0.25) is 0 Å². The smallest absolute Gasteiger partial charge is 0.137 e. The Labute approximate surface area is 339 Å². The highest BCUT2D eigenvalue weighted by Crippen LogP contribution is 2.70. The van der Waals surface area contributed by atoms with E-state index in [1.165, 1.54) is 81.9 Å². The van der Waals surface area contributed by atoms with E-state index >= 15 is 0 Å². The maximum absolute atomic E-state index is 6.52. The normalized spacial score (nSPS) is 22.6. The fourth-order valence-electron chi connectivity index (χ4n) is 12.7. The number of furan rings is 1. The summed E-state index contributed by atoms with van der Waals surface area (Å²) in [4.78, 5) is 2.45. The highest BCUT2D eigenvalue weighted by atomic mass is 16.3. The molecule has 5 aliphatic rings. The van der Waals surface area contributed by atoms with E-state index in [2.05, 4.69) is 181 Å². The number of rotatable bonds is 5. The molecule has 1 heterocycles. The number of anilines is 3. The molecule has 0 aliphatic heterocycles. The Hall–Kier alpha value is -6.38. The largest absolute Gasteiger partial charge is 0.456 e. The van der Waals surface area contributed by atoms with Gasteiger partial charge in [0.15, 0.2) is 0 Å². The lowest BCUT2D eigenvalue weighted by molar-refractivity contribution is -0.0399. The van der Waals surface area contributed by atoms with Gasteiger partial charge in [-0.3, -0.25) is 0 Å². The van der Waals surface area contributed by atoms with Gasteiger partial charge in [-0.05, 0) is 160 Å². The van der Waals surface area contributed by atoms with Crippen LogP contribution in [0.5, 0.6) is 0 Å². The van der Waals surface area contributed by atoms with Gasteiger partial charge in [0.25, 0.3) is 0 Å². The zero-order chi connectivity index (χ0) is 38.0. The lowest BCUT2D eigenvalue weighted by Gasteiger charge is -2.61. The summed E-state index contributed by atoms with van der Waals surface area (Å²) in [6, 6.07) is 65.6. The van der Waals surface area contributed by atoms with Gasteiger partial charge in [0.05, 0.1) is 0 Å². The Morgan fingerprint density at radius 1 is 0.414 bits per heavy atom. The van der Waals surface area contributed by atoms with Crippen LogP contribution in [0.3, 0.4) is 0 Å². The first kappa shape index (κ1) is 32.7. The minimum atomic E-state index is 0.0843. The van der Waals surface area contributed by atoms with Crippen molar-refractivity contribution in [3.05, 3.63) is 187 Å². The summed E-state index contributed by atoms with van der Waals surface area (Å²) in [5.41, 5.74) is 16.4. The molecule has 4 bridgehead atoms. The van der Waals surface area contributed by atoms with Crippen LogP contribution in [0.25, 0.3) is 66.1 Å². The van der Waals surface area contributed by atoms with E-state index in [1.54, 1.807) is 11.1 Å². The molecule has 5 aliphatic carbocycles. The van der Waals surface area contributed by atoms with E-state index in [0.717, 1.165) is 45.1 Å². The molecule has 4 fully saturated rings. The van der Waals surface area contributed by atoms with E-state index in [1.807, 2.05) is 0 Å². The second-order valence-electron chi connectivity index (χ2n) is 17.7. The zero-order valence-electron chi connectivity index (χ0n) is 32.4. The van der Waals surface area contributed by atoms with E-state index in [-0.39, 0.29) is 5.41 Å². The average Bonchev–Trinajstić information content (AvgIpc) is 3.79. The van der Waals surface area contributed by atoms with Crippen LogP contribution in [0.4, 0.5) is 17.1 Å². The Kier molecular flexibility index (Phi) is 6.94. The number of hydrogen-bond donors (Lipinski definition) is 0. The van der Waals surface area contributed by atoms with Crippen molar-refractivity contribution in [2.45, 2.75) is 37.5 Å². The molecule has 0 radical (unpaired) electrons. The second kappa shape index (κ2) is 12.3. The number of para-hydroxylation sites is 1. The first-order valence-electron chi connectivity index (χ1n) is 21.3. The monoisotopic (exact) mass is 745 g/mol. The maximum Gasteiger partial charge on any atom is 0.137 e. The van der Waals surface area contributed by atoms with Crippen LogP contribution in [0.15, 0.2) is 180 Å². The van der Waals surface area contributed by atoms with Crippen molar-refractivity contribution in [2.24, 2.45) is 23.7 Å². The summed E-state index contributed by atoms with van der Waals surface area (Å²) in [6.07, 6.45) is 6.94. The van der Waals surface area contributed by atoms with Crippen molar-refractivity contribution in [3.63, 3.8) is 0 Å². The van der Waals surface area contributed by atoms with Crippen molar-refractivity contribution < 1.29 is 4.42 Å². The Morgan fingerprint density at radius 3 is 1.91 bits per heavy atom. The van der Waals surface area contributed by atoms with E-state index < -0.39 is 0 Å². The van der Waals surface area contributed by atoms with Crippen LogP contribution in [0.1, 0.15) is 43.2 Å².